The van der Waals surface area contributed by atoms with E-state index in [0.29, 0.717) is 5.89 Å². The number of primary amides is 1. The number of nitrogens with zero attached hydrogens (tertiary/aromatic N) is 2. The molecule has 1 aromatic rings. The van der Waals surface area contributed by atoms with E-state index in [1.807, 2.05) is 0 Å². The van der Waals surface area contributed by atoms with Gasteiger partial charge >= 0.3 is 0 Å². The summed E-state index contributed by atoms with van der Waals surface area (Å²) in [4.78, 5) is 15.0. The zero-order valence-electron chi connectivity index (χ0n) is 9.32. The second kappa shape index (κ2) is 4.21. The third kappa shape index (κ3) is 1.80. The Morgan fingerprint density at radius 2 is 2.25 bits per heavy atom. The van der Waals surface area contributed by atoms with Gasteiger partial charge in [-0.15, -0.1) is 0 Å². The van der Waals surface area contributed by atoms with Crippen molar-refractivity contribution in [2.75, 3.05) is 13.1 Å². The Labute approximate surface area is 93.6 Å². The van der Waals surface area contributed by atoms with Crippen LogP contribution in [0.3, 0.4) is 0 Å². The van der Waals surface area contributed by atoms with Crippen LogP contribution in [0.2, 0.25) is 0 Å². The van der Waals surface area contributed by atoms with Crippen LogP contribution in [0.25, 0.3) is 0 Å². The number of aromatic nitrogens is 2. The van der Waals surface area contributed by atoms with Crippen molar-refractivity contribution in [2.45, 2.75) is 31.6 Å². The number of amides is 1. The van der Waals surface area contributed by atoms with E-state index in [0.717, 1.165) is 32.4 Å². The SMILES string of the molecule is CCC1(c2nc(C(N)=O)no2)CCNCC1. The van der Waals surface area contributed by atoms with Gasteiger partial charge in [-0.05, 0) is 32.4 Å². The first-order chi connectivity index (χ1) is 7.68. The highest BCUT2D eigenvalue weighted by Crippen LogP contribution is 2.35. The van der Waals surface area contributed by atoms with Gasteiger partial charge in [-0.2, -0.15) is 4.98 Å². The quantitative estimate of drug-likeness (QED) is 0.764. The number of nitrogens with two attached hydrogens (primary N) is 1. The second-order valence-corrected chi connectivity index (χ2v) is 4.17. The maximum absolute atomic E-state index is 10.9. The van der Waals surface area contributed by atoms with Crippen LogP contribution < -0.4 is 11.1 Å². The Bertz CT molecular complexity index is 382. The molecule has 0 spiro atoms. The highest BCUT2D eigenvalue weighted by molar-refractivity contribution is 5.88. The molecule has 1 saturated heterocycles. The normalized spacial score (nSPS) is 19.6. The second-order valence-electron chi connectivity index (χ2n) is 4.17. The molecule has 1 aliphatic rings. The van der Waals surface area contributed by atoms with Gasteiger partial charge in [0, 0.05) is 0 Å². The van der Waals surface area contributed by atoms with Crippen molar-refractivity contribution in [1.82, 2.24) is 15.5 Å². The van der Waals surface area contributed by atoms with Crippen LogP contribution in [0.1, 0.15) is 42.7 Å². The largest absolute Gasteiger partial charge is 0.363 e. The molecule has 0 aliphatic carbocycles. The Morgan fingerprint density at radius 3 is 2.75 bits per heavy atom. The van der Waals surface area contributed by atoms with Gasteiger partial charge in [0.25, 0.3) is 11.7 Å². The van der Waals surface area contributed by atoms with Crippen molar-refractivity contribution >= 4 is 5.91 Å². The van der Waals surface area contributed by atoms with Gasteiger partial charge in [0.1, 0.15) is 0 Å². The lowest BCUT2D eigenvalue weighted by atomic mass is 9.76. The molecule has 1 aliphatic heterocycles. The van der Waals surface area contributed by atoms with E-state index in [1.54, 1.807) is 0 Å². The molecule has 6 nitrogen and oxygen atoms in total. The Morgan fingerprint density at radius 1 is 1.56 bits per heavy atom. The van der Waals surface area contributed by atoms with E-state index in [1.165, 1.54) is 0 Å². The molecule has 1 fully saturated rings. The molecule has 88 valence electrons. The summed E-state index contributed by atoms with van der Waals surface area (Å²) in [5, 5.41) is 6.89. The van der Waals surface area contributed by atoms with Gasteiger partial charge in [0.05, 0.1) is 5.41 Å². The first kappa shape index (κ1) is 11.1. The number of piperidine rings is 1. The smallest absolute Gasteiger partial charge is 0.290 e. The molecule has 2 rings (SSSR count). The maximum atomic E-state index is 10.9. The number of rotatable bonds is 3. The highest BCUT2D eigenvalue weighted by atomic mass is 16.5. The van der Waals surface area contributed by atoms with Crippen molar-refractivity contribution in [2.24, 2.45) is 5.73 Å². The van der Waals surface area contributed by atoms with Crippen LogP contribution in [-0.4, -0.2) is 29.1 Å². The van der Waals surface area contributed by atoms with Crippen molar-refractivity contribution in [3.8, 4) is 0 Å². The van der Waals surface area contributed by atoms with Crippen LogP contribution >= 0.6 is 0 Å². The zero-order valence-corrected chi connectivity index (χ0v) is 9.32. The van der Waals surface area contributed by atoms with Crippen LogP contribution in [0.15, 0.2) is 4.52 Å². The molecular formula is C10H16N4O2. The monoisotopic (exact) mass is 224 g/mol. The molecule has 0 saturated carbocycles. The molecule has 0 atom stereocenters. The van der Waals surface area contributed by atoms with E-state index in [2.05, 4.69) is 22.4 Å². The summed E-state index contributed by atoms with van der Waals surface area (Å²) in [5.74, 6) is -0.123. The molecule has 3 N–H and O–H groups in total. The van der Waals surface area contributed by atoms with Crippen LogP contribution in [-0.2, 0) is 5.41 Å². The maximum Gasteiger partial charge on any atom is 0.290 e. The molecule has 0 unspecified atom stereocenters. The first-order valence-corrected chi connectivity index (χ1v) is 5.53. The van der Waals surface area contributed by atoms with Crippen LogP contribution in [0, 0.1) is 0 Å². The fraction of sp³-hybridized carbons (Fsp3) is 0.700. The fourth-order valence-electron chi connectivity index (χ4n) is 2.16. The predicted octanol–water partition coefficient (Wildman–Crippen LogP) is 0.200. The average molecular weight is 224 g/mol. The molecule has 16 heavy (non-hydrogen) atoms. The summed E-state index contributed by atoms with van der Waals surface area (Å²) >= 11 is 0. The number of hydrogen-bond acceptors (Lipinski definition) is 5. The van der Waals surface area contributed by atoms with Crippen molar-refractivity contribution < 1.29 is 9.32 Å². The lowest BCUT2D eigenvalue weighted by Crippen LogP contribution is -2.39. The summed E-state index contributed by atoms with van der Waals surface area (Å²) in [7, 11) is 0. The Kier molecular flexibility index (Phi) is 2.91. The first-order valence-electron chi connectivity index (χ1n) is 5.53. The summed E-state index contributed by atoms with van der Waals surface area (Å²) < 4.78 is 5.17. The van der Waals surface area contributed by atoms with Crippen molar-refractivity contribution in [3.05, 3.63) is 11.7 Å². The van der Waals surface area contributed by atoms with E-state index in [-0.39, 0.29) is 11.2 Å². The minimum atomic E-state index is -0.643. The molecule has 2 heterocycles. The Balaban J connectivity index is 2.28. The molecule has 0 radical (unpaired) electrons. The van der Waals surface area contributed by atoms with Gasteiger partial charge in [0.2, 0.25) is 5.89 Å². The van der Waals surface area contributed by atoms with Gasteiger partial charge in [0.15, 0.2) is 0 Å². The molecule has 0 bridgehead atoms. The Hall–Kier alpha value is -1.43. The number of hydrogen-bond donors (Lipinski definition) is 2. The minimum absolute atomic E-state index is 0.0265. The average Bonchev–Trinajstić information content (AvgIpc) is 2.80. The molecular weight excluding hydrogens is 208 g/mol. The summed E-state index contributed by atoms with van der Waals surface area (Å²) in [6, 6.07) is 0. The highest BCUT2D eigenvalue weighted by Gasteiger charge is 2.37. The van der Waals surface area contributed by atoms with Crippen molar-refractivity contribution in [3.63, 3.8) is 0 Å². The van der Waals surface area contributed by atoms with E-state index in [9.17, 15) is 4.79 Å². The van der Waals surface area contributed by atoms with E-state index in [4.69, 9.17) is 10.3 Å². The number of carbonyl (C=O) groups excluding carboxylic acids is 1. The van der Waals surface area contributed by atoms with Gasteiger partial charge in [-0.25, -0.2) is 0 Å². The summed E-state index contributed by atoms with van der Waals surface area (Å²) in [6.07, 6.45) is 2.82. The van der Waals surface area contributed by atoms with Gasteiger partial charge < -0.3 is 15.6 Å². The van der Waals surface area contributed by atoms with Gasteiger partial charge in [-0.1, -0.05) is 12.1 Å². The standard InChI is InChI=1S/C10H16N4O2/c1-2-10(3-5-12-6-4-10)9-13-8(7(11)15)14-16-9/h12H,2-6H2,1H3,(H2,11,15). The molecule has 6 heteroatoms. The number of nitrogens with one attached hydrogen (secondary N) is 1. The zero-order chi connectivity index (χ0) is 11.6. The van der Waals surface area contributed by atoms with E-state index >= 15 is 0 Å². The van der Waals surface area contributed by atoms with E-state index < -0.39 is 5.91 Å². The number of carbonyl (C=O) groups is 1. The molecule has 1 aromatic heterocycles. The molecule has 0 aromatic carbocycles. The third-order valence-electron chi connectivity index (χ3n) is 3.34. The minimum Gasteiger partial charge on any atom is -0.363 e. The lowest BCUT2D eigenvalue weighted by Gasteiger charge is -2.33. The topological polar surface area (TPSA) is 94.0 Å². The summed E-state index contributed by atoms with van der Waals surface area (Å²) in [6.45, 7) is 3.96. The van der Waals surface area contributed by atoms with Crippen LogP contribution in [0.5, 0.6) is 0 Å². The third-order valence-corrected chi connectivity index (χ3v) is 3.34. The van der Waals surface area contributed by atoms with Crippen LogP contribution in [0.4, 0.5) is 0 Å². The van der Waals surface area contributed by atoms with Gasteiger partial charge in [-0.3, -0.25) is 4.79 Å². The fourth-order valence-corrected chi connectivity index (χ4v) is 2.16. The lowest BCUT2D eigenvalue weighted by molar-refractivity contribution is 0.0987. The predicted molar refractivity (Wildman–Crippen MR) is 56.9 cm³/mol. The summed E-state index contributed by atoms with van der Waals surface area (Å²) in [5.41, 5.74) is 5.01. The molecule has 1 amide bonds. The van der Waals surface area contributed by atoms with Crippen molar-refractivity contribution in [1.29, 1.82) is 0 Å².